The molecule has 0 aliphatic rings. The van der Waals surface area contributed by atoms with E-state index in [2.05, 4.69) is 10.3 Å². The van der Waals surface area contributed by atoms with E-state index in [1.807, 2.05) is 51.1 Å². The van der Waals surface area contributed by atoms with Gasteiger partial charge in [-0.2, -0.15) is 0 Å². The van der Waals surface area contributed by atoms with Crippen molar-refractivity contribution in [3.8, 4) is 0 Å². The highest BCUT2D eigenvalue weighted by Crippen LogP contribution is 2.23. The van der Waals surface area contributed by atoms with Crippen molar-refractivity contribution in [2.24, 2.45) is 0 Å². The number of benzene rings is 1. The van der Waals surface area contributed by atoms with Crippen LogP contribution in [0, 0.1) is 6.92 Å². The van der Waals surface area contributed by atoms with Gasteiger partial charge in [-0.1, -0.05) is 19.1 Å². The molecule has 2 N–H and O–H groups in total. The van der Waals surface area contributed by atoms with Crippen molar-refractivity contribution in [2.45, 2.75) is 26.4 Å². The number of nitrogens with one attached hydrogen (secondary N) is 1. The van der Waals surface area contributed by atoms with Crippen LogP contribution in [0.2, 0.25) is 0 Å². The number of fused-ring (bicyclic) bond motifs is 1. The van der Waals surface area contributed by atoms with E-state index < -0.39 is 5.60 Å². The Morgan fingerprint density at radius 2 is 2.06 bits per heavy atom. The Morgan fingerprint density at radius 1 is 1.28 bits per heavy atom. The molecule has 18 heavy (non-hydrogen) atoms. The van der Waals surface area contributed by atoms with Crippen LogP contribution in [-0.2, 0) is 5.60 Å². The van der Waals surface area contributed by atoms with Crippen LogP contribution in [0.25, 0.3) is 10.9 Å². The summed E-state index contributed by atoms with van der Waals surface area (Å²) < 4.78 is 0. The number of nitrogens with zero attached hydrogens (tertiary/aromatic N) is 1. The lowest BCUT2D eigenvalue weighted by Gasteiger charge is -2.24. The molecule has 2 rings (SSSR count). The zero-order valence-electron chi connectivity index (χ0n) is 11.2. The van der Waals surface area contributed by atoms with Gasteiger partial charge in [-0.05, 0) is 44.2 Å². The van der Waals surface area contributed by atoms with Crippen molar-refractivity contribution in [3.63, 3.8) is 0 Å². The Kier molecular flexibility index (Phi) is 3.64. The number of aryl methyl sites for hydroxylation is 1. The minimum atomic E-state index is -0.852. The average Bonchev–Trinajstić information content (AvgIpc) is 2.35. The van der Waals surface area contributed by atoms with Crippen LogP contribution in [0.5, 0.6) is 0 Å². The molecule has 1 unspecified atom stereocenters. The maximum Gasteiger partial charge on any atom is 0.0992 e. The van der Waals surface area contributed by atoms with Gasteiger partial charge in [0, 0.05) is 17.6 Å². The van der Waals surface area contributed by atoms with E-state index in [0.29, 0.717) is 6.54 Å². The third-order valence-corrected chi connectivity index (χ3v) is 3.17. The van der Waals surface area contributed by atoms with Crippen LogP contribution in [0.1, 0.15) is 25.1 Å². The molecule has 2 aromatic rings. The molecule has 0 saturated carbocycles. The fourth-order valence-electron chi connectivity index (χ4n) is 2.03. The highest BCUT2D eigenvalue weighted by molar-refractivity contribution is 5.79. The summed E-state index contributed by atoms with van der Waals surface area (Å²) in [6.45, 7) is 7.25. The van der Waals surface area contributed by atoms with Gasteiger partial charge in [0.05, 0.1) is 11.1 Å². The summed E-state index contributed by atoms with van der Waals surface area (Å²) in [4.78, 5) is 4.46. The molecule has 96 valence electrons. The van der Waals surface area contributed by atoms with E-state index in [1.165, 1.54) is 0 Å². The molecule has 0 fully saturated rings. The molecule has 1 aromatic carbocycles. The molecule has 1 atom stereocenters. The molecule has 3 heteroatoms. The van der Waals surface area contributed by atoms with Gasteiger partial charge >= 0.3 is 0 Å². The quantitative estimate of drug-likeness (QED) is 0.868. The van der Waals surface area contributed by atoms with E-state index in [1.54, 1.807) is 0 Å². The van der Waals surface area contributed by atoms with Crippen LogP contribution in [0.15, 0.2) is 30.3 Å². The fourth-order valence-corrected chi connectivity index (χ4v) is 2.03. The third kappa shape index (κ3) is 2.68. The van der Waals surface area contributed by atoms with Crippen molar-refractivity contribution >= 4 is 10.9 Å². The van der Waals surface area contributed by atoms with Gasteiger partial charge in [0.2, 0.25) is 0 Å². The third-order valence-electron chi connectivity index (χ3n) is 3.17. The lowest BCUT2D eigenvalue weighted by Crippen LogP contribution is -2.35. The number of aromatic nitrogens is 1. The highest BCUT2D eigenvalue weighted by Gasteiger charge is 2.22. The standard InChI is InChI=1S/C15H20N2O/c1-4-16-10-15(3,18)13-7-8-14-12(9-13)6-5-11(2)17-14/h5-9,16,18H,4,10H2,1-3H3. The van der Waals surface area contributed by atoms with Crippen LogP contribution in [0.3, 0.4) is 0 Å². The van der Waals surface area contributed by atoms with Crippen molar-refractivity contribution in [1.82, 2.24) is 10.3 Å². The molecule has 0 spiro atoms. The van der Waals surface area contributed by atoms with Gasteiger partial charge in [0.15, 0.2) is 0 Å². The van der Waals surface area contributed by atoms with E-state index in [4.69, 9.17) is 0 Å². The van der Waals surface area contributed by atoms with Crippen LogP contribution in [0.4, 0.5) is 0 Å². The second kappa shape index (κ2) is 5.04. The van der Waals surface area contributed by atoms with Gasteiger partial charge in [-0.3, -0.25) is 4.98 Å². The predicted molar refractivity (Wildman–Crippen MR) is 74.6 cm³/mol. The molecule has 1 heterocycles. The SMILES string of the molecule is CCNCC(C)(O)c1ccc2nc(C)ccc2c1. The molecule has 0 saturated heterocycles. The minimum absolute atomic E-state index is 0.550. The fraction of sp³-hybridized carbons (Fsp3) is 0.400. The van der Waals surface area contributed by atoms with E-state index in [-0.39, 0.29) is 0 Å². The molecule has 0 amide bonds. The van der Waals surface area contributed by atoms with E-state index in [9.17, 15) is 5.11 Å². The molecule has 1 aromatic heterocycles. The maximum absolute atomic E-state index is 10.4. The maximum atomic E-state index is 10.4. The molecular formula is C15H20N2O. The molecule has 0 radical (unpaired) electrons. The van der Waals surface area contributed by atoms with E-state index >= 15 is 0 Å². The number of likely N-dealkylation sites (N-methyl/N-ethyl adjacent to an activating group) is 1. The van der Waals surface area contributed by atoms with Crippen molar-refractivity contribution in [3.05, 3.63) is 41.6 Å². The number of pyridine rings is 1. The molecule has 0 aliphatic heterocycles. The summed E-state index contributed by atoms with van der Waals surface area (Å²) in [6.07, 6.45) is 0. The topological polar surface area (TPSA) is 45.1 Å². The van der Waals surface area contributed by atoms with Crippen molar-refractivity contribution < 1.29 is 5.11 Å². The Balaban J connectivity index is 2.37. The normalized spacial score (nSPS) is 14.7. The van der Waals surface area contributed by atoms with Gasteiger partial charge in [0.1, 0.15) is 0 Å². The molecule has 0 aliphatic carbocycles. The Bertz CT molecular complexity index is 549. The summed E-state index contributed by atoms with van der Waals surface area (Å²) in [5.41, 5.74) is 2.05. The number of rotatable bonds is 4. The summed E-state index contributed by atoms with van der Waals surface area (Å²) in [5.74, 6) is 0. The zero-order valence-corrected chi connectivity index (χ0v) is 11.2. The lowest BCUT2D eigenvalue weighted by molar-refractivity contribution is 0.0577. The van der Waals surface area contributed by atoms with Crippen LogP contribution >= 0.6 is 0 Å². The number of hydrogen-bond acceptors (Lipinski definition) is 3. The van der Waals surface area contributed by atoms with Gasteiger partial charge in [-0.25, -0.2) is 0 Å². The van der Waals surface area contributed by atoms with Crippen molar-refractivity contribution in [2.75, 3.05) is 13.1 Å². The van der Waals surface area contributed by atoms with E-state index in [0.717, 1.165) is 28.7 Å². The first-order chi connectivity index (χ1) is 8.53. The second-order valence-corrected chi connectivity index (χ2v) is 4.91. The average molecular weight is 244 g/mol. The van der Waals surface area contributed by atoms with Crippen LogP contribution < -0.4 is 5.32 Å². The Labute approximate surface area is 108 Å². The molecular weight excluding hydrogens is 224 g/mol. The van der Waals surface area contributed by atoms with Gasteiger partial charge in [0.25, 0.3) is 0 Å². The summed E-state index contributed by atoms with van der Waals surface area (Å²) in [6, 6.07) is 9.97. The summed E-state index contributed by atoms with van der Waals surface area (Å²) in [5, 5.41) is 14.7. The largest absolute Gasteiger partial charge is 0.384 e. The second-order valence-electron chi connectivity index (χ2n) is 4.91. The first-order valence-corrected chi connectivity index (χ1v) is 6.34. The first-order valence-electron chi connectivity index (χ1n) is 6.34. The van der Waals surface area contributed by atoms with Gasteiger partial charge < -0.3 is 10.4 Å². The lowest BCUT2D eigenvalue weighted by atomic mass is 9.94. The molecule has 0 bridgehead atoms. The monoisotopic (exact) mass is 244 g/mol. The predicted octanol–water partition coefficient (Wildman–Crippen LogP) is 2.36. The number of aliphatic hydroxyl groups is 1. The van der Waals surface area contributed by atoms with Crippen LogP contribution in [-0.4, -0.2) is 23.2 Å². The van der Waals surface area contributed by atoms with Gasteiger partial charge in [-0.15, -0.1) is 0 Å². The summed E-state index contributed by atoms with van der Waals surface area (Å²) in [7, 11) is 0. The highest BCUT2D eigenvalue weighted by atomic mass is 16.3. The summed E-state index contributed by atoms with van der Waals surface area (Å²) >= 11 is 0. The number of hydrogen-bond donors (Lipinski definition) is 2. The first kappa shape index (κ1) is 13.0. The molecule has 3 nitrogen and oxygen atoms in total. The minimum Gasteiger partial charge on any atom is -0.384 e. The van der Waals surface area contributed by atoms with Crippen molar-refractivity contribution in [1.29, 1.82) is 0 Å². The Hall–Kier alpha value is -1.45. The Morgan fingerprint density at radius 3 is 2.78 bits per heavy atom. The zero-order chi connectivity index (χ0) is 13.2. The smallest absolute Gasteiger partial charge is 0.0992 e.